The van der Waals surface area contributed by atoms with E-state index < -0.39 is 5.97 Å². The minimum Gasteiger partial charge on any atom is -0.327 e. The van der Waals surface area contributed by atoms with E-state index in [2.05, 4.69) is 65.0 Å². The van der Waals surface area contributed by atoms with Crippen molar-refractivity contribution in [3.63, 3.8) is 0 Å². The normalized spacial score (nSPS) is 12.2. The van der Waals surface area contributed by atoms with Crippen molar-refractivity contribution in [2.45, 2.75) is 355 Å². The Hall–Kier alpha value is -0.940. The van der Waals surface area contributed by atoms with Gasteiger partial charge in [-0.3, -0.25) is 0 Å². The second-order valence-corrected chi connectivity index (χ2v) is 23.0. The van der Waals surface area contributed by atoms with Crippen molar-refractivity contribution in [2.75, 3.05) is 39.5 Å². The van der Waals surface area contributed by atoms with Crippen LogP contribution in [0.4, 0.5) is 0 Å². The van der Waals surface area contributed by atoms with Gasteiger partial charge in [-0.15, -0.1) is 0 Å². The fourth-order valence-corrected chi connectivity index (χ4v) is 11.1. The van der Waals surface area contributed by atoms with Crippen LogP contribution in [0.15, 0.2) is 30.3 Å². The van der Waals surface area contributed by atoms with Crippen molar-refractivity contribution >= 4 is 0 Å². The topological polar surface area (TPSA) is 27.7 Å². The van der Waals surface area contributed by atoms with Gasteiger partial charge in [0, 0.05) is 12.0 Å². The van der Waals surface area contributed by atoms with E-state index in [4.69, 9.17) is 14.2 Å². The summed E-state index contributed by atoms with van der Waals surface area (Å²) < 4.78 is 22.0. The first kappa shape index (κ1) is 68.1. The fourth-order valence-electron chi connectivity index (χ4n) is 11.1. The Labute approximate surface area is 447 Å². The molecule has 420 valence electrons. The van der Waals surface area contributed by atoms with Crippen molar-refractivity contribution in [1.29, 1.82) is 0 Å². The molecule has 0 radical (unpaired) electrons. The zero-order valence-electron chi connectivity index (χ0n) is 49.4. The molecule has 1 aromatic rings. The van der Waals surface area contributed by atoms with Crippen LogP contribution in [-0.2, 0) is 20.8 Å². The van der Waals surface area contributed by atoms with E-state index in [9.17, 15) is 0 Å². The lowest BCUT2D eigenvalue weighted by Crippen LogP contribution is -2.49. The van der Waals surface area contributed by atoms with Gasteiger partial charge >= 0.3 is 0 Å². The van der Waals surface area contributed by atoms with Crippen LogP contribution in [0, 0.1) is 0 Å². The molecular formula is C67H130NO3+. The quantitative estimate of drug-likeness (QED) is 0.0370. The van der Waals surface area contributed by atoms with Crippen LogP contribution in [0.3, 0.4) is 0 Å². The average Bonchev–Trinajstić information content (AvgIpc) is 3.38. The van der Waals surface area contributed by atoms with Gasteiger partial charge in [-0.1, -0.05) is 303 Å². The third kappa shape index (κ3) is 44.0. The number of nitrogens with zero attached hydrogens (tertiary/aromatic N) is 1. The van der Waals surface area contributed by atoms with Crippen LogP contribution in [-0.4, -0.2) is 49.9 Å². The average molecular weight is 998 g/mol. The number of ether oxygens (including phenoxy) is 3. The Morgan fingerprint density at radius 2 is 0.521 bits per heavy atom. The number of quaternary nitrogens is 1. The Bertz CT molecular complexity index is 1060. The Morgan fingerprint density at radius 1 is 0.282 bits per heavy atom. The fraction of sp³-hybridized carbons (Fsp3) is 0.910. The Balaban J connectivity index is 2.97. The van der Waals surface area contributed by atoms with Crippen LogP contribution in [0.5, 0.6) is 0 Å². The standard InChI is InChI=1S/C67H130NO3/c1-6-11-16-21-26-29-32-35-43-53-62-69-67(70-63-54-44-36-33-30-27-22-17-12-7-2,71-64-55-45-37-34-31-28-23-18-13-8-3)58-49-39-38-42-52-61-68(59-50-40-24-19-14-9-4,60-51-41-25-20-15-10-5)65-66-56-47-46-48-57-66/h46-48,56-57H,6-45,49-55,58-65H2,1-5H3/q+1. The van der Waals surface area contributed by atoms with Crippen molar-refractivity contribution < 1.29 is 18.7 Å². The van der Waals surface area contributed by atoms with Gasteiger partial charge in [0.25, 0.3) is 5.97 Å². The highest BCUT2D eigenvalue weighted by Crippen LogP contribution is 2.28. The van der Waals surface area contributed by atoms with E-state index in [1.54, 1.807) is 0 Å². The highest BCUT2D eigenvalue weighted by atomic mass is 16.9. The maximum absolute atomic E-state index is 6.90. The molecule has 0 fully saturated rings. The summed E-state index contributed by atoms with van der Waals surface area (Å²) >= 11 is 0. The minimum atomic E-state index is -0.881. The van der Waals surface area contributed by atoms with Gasteiger partial charge in [0.2, 0.25) is 0 Å². The summed E-state index contributed by atoms with van der Waals surface area (Å²) in [5.41, 5.74) is 1.54. The summed E-state index contributed by atoms with van der Waals surface area (Å²) in [6, 6.07) is 11.5. The highest BCUT2D eigenvalue weighted by molar-refractivity contribution is 5.13. The number of hydrogen-bond acceptors (Lipinski definition) is 3. The van der Waals surface area contributed by atoms with E-state index >= 15 is 0 Å². The monoisotopic (exact) mass is 997 g/mol. The third-order valence-corrected chi connectivity index (χ3v) is 15.9. The Morgan fingerprint density at radius 3 is 0.803 bits per heavy atom. The molecule has 0 atom stereocenters. The summed E-state index contributed by atoms with van der Waals surface area (Å²) in [4.78, 5) is 0. The molecule has 1 aromatic carbocycles. The molecule has 4 nitrogen and oxygen atoms in total. The van der Waals surface area contributed by atoms with Crippen LogP contribution in [0.2, 0.25) is 0 Å². The van der Waals surface area contributed by atoms with Gasteiger partial charge in [-0.05, 0) is 64.2 Å². The molecule has 4 heteroatoms. The van der Waals surface area contributed by atoms with Crippen molar-refractivity contribution in [3.8, 4) is 0 Å². The van der Waals surface area contributed by atoms with Crippen LogP contribution in [0.1, 0.15) is 348 Å². The van der Waals surface area contributed by atoms with Crippen LogP contribution in [0.25, 0.3) is 0 Å². The molecule has 0 N–H and O–H groups in total. The van der Waals surface area contributed by atoms with Gasteiger partial charge in [0.05, 0.1) is 39.5 Å². The molecule has 0 saturated carbocycles. The van der Waals surface area contributed by atoms with Gasteiger partial charge in [0.1, 0.15) is 6.54 Å². The lowest BCUT2D eigenvalue weighted by molar-refractivity contribution is -0.941. The molecule has 0 aliphatic carbocycles. The Kier molecular flexibility index (Phi) is 51.7. The zero-order chi connectivity index (χ0) is 51.1. The second kappa shape index (κ2) is 53.9. The van der Waals surface area contributed by atoms with E-state index in [0.717, 1.165) is 51.9 Å². The van der Waals surface area contributed by atoms with Crippen molar-refractivity contribution in [1.82, 2.24) is 0 Å². The van der Waals surface area contributed by atoms with Crippen molar-refractivity contribution in [3.05, 3.63) is 35.9 Å². The molecule has 0 heterocycles. The summed E-state index contributed by atoms with van der Waals surface area (Å²) in [5, 5.41) is 0. The smallest absolute Gasteiger partial charge is 0.282 e. The number of hydrogen-bond donors (Lipinski definition) is 0. The first-order chi connectivity index (χ1) is 35.1. The molecule has 0 aromatic heterocycles. The van der Waals surface area contributed by atoms with Gasteiger partial charge in [-0.25, -0.2) is 0 Å². The van der Waals surface area contributed by atoms with E-state index in [1.165, 1.54) is 312 Å². The molecule has 0 saturated heterocycles. The SMILES string of the molecule is CCCCCCCCCCCCOC(CCCCCCC[N+](CCCCCCCC)(CCCCCCCC)Cc1ccccc1)(OCCCCCCCCCCCC)OCCCCCCCCCCCC. The summed E-state index contributed by atoms with van der Waals surface area (Å²) in [7, 11) is 0. The zero-order valence-corrected chi connectivity index (χ0v) is 49.4. The molecule has 1 rings (SSSR count). The van der Waals surface area contributed by atoms with Crippen LogP contribution < -0.4 is 0 Å². The molecule has 0 spiro atoms. The van der Waals surface area contributed by atoms with Crippen molar-refractivity contribution in [2.24, 2.45) is 0 Å². The number of unbranched alkanes of at least 4 members (excludes halogenated alkanes) is 41. The lowest BCUT2D eigenvalue weighted by atomic mass is 10.0. The largest absolute Gasteiger partial charge is 0.327 e. The maximum atomic E-state index is 6.90. The third-order valence-electron chi connectivity index (χ3n) is 15.9. The molecule has 0 bridgehead atoms. The summed E-state index contributed by atoms with van der Waals surface area (Å²) in [5.74, 6) is -0.881. The first-order valence-corrected chi connectivity index (χ1v) is 32.9. The summed E-state index contributed by atoms with van der Waals surface area (Å²) in [6.45, 7) is 19.1. The number of benzene rings is 1. The lowest BCUT2D eigenvalue weighted by Gasteiger charge is -2.39. The van der Waals surface area contributed by atoms with Gasteiger partial charge in [-0.2, -0.15) is 0 Å². The first-order valence-electron chi connectivity index (χ1n) is 32.9. The van der Waals surface area contributed by atoms with E-state index in [1.807, 2.05) is 0 Å². The molecule has 0 unspecified atom stereocenters. The number of rotatable bonds is 60. The van der Waals surface area contributed by atoms with E-state index in [0.29, 0.717) is 0 Å². The van der Waals surface area contributed by atoms with Crippen LogP contribution >= 0.6 is 0 Å². The maximum Gasteiger partial charge on any atom is 0.282 e. The molecular weight excluding hydrogens is 867 g/mol. The predicted octanol–water partition coefficient (Wildman–Crippen LogP) is 22.5. The van der Waals surface area contributed by atoms with Gasteiger partial charge < -0.3 is 18.7 Å². The highest BCUT2D eigenvalue weighted by Gasteiger charge is 2.33. The summed E-state index contributed by atoms with van der Waals surface area (Å²) in [6.07, 6.45) is 64.1. The van der Waals surface area contributed by atoms with E-state index in [-0.39, 0.29) is 0 Å². The predicted molar refractivity (Wildman–Crippen MR) is 316 cm³/mol. The minimum absolute atomic E-state index is 0.755. The molecule has 0 aliphatic heterocycles. The van der Waals surface area contributed by atoms with Gasteiger partial charge in [0.15, 0.2) is 0 Å². The molecule has 0 amide bonds. The second-order valence-electron chi connectivity index (χ2n) is 23.0. The molecule has 71 heavy (non-hydrogen) atoms. The molecule has 0 aliphatic rings.